The molecular formula is C20H27Cl3O4. The largest absolute Gasteiger partial charge is 0.463 e. The number of benzene rings is 1. The Balaban J connectivity index is 2.26. The molecule has 27 heavy (non-hydrogen) atoms. The number of unbranched alkanes of at least 4 members (excludes halogenated alkanes) is 5. The van der Waals surface area contributed by atoms with Crippen molar-refractivity contribution in [2.45, 2.75) is 77.7 Å². The molecule has 1 rings (SSSR count). The summed E-state index contributed by atoms with van der Waals surface area (Å²) in [4.78, 5) is 23.8. The summed E-state index contributed by atoms with van der Waals surface area (Å²) in [5.41, 5.74) is 0. The minimum absolute atomic E-state index is 0.0394. The van der Waals surface area contributed by atoms with Crippen LogP contribution in [-0.4, -0.2) is 18.0 Å². The molecule has 0 spiro atoms. The zero-order chi connectivity index (χ0) is 20.2. The van der Waals surface area contributed by atoms with Gasteiger partial charge in [-0.2, -0.15) is 0 Å². The fourth-order valence-electron chi connectivity index (χ4n) is 2.55. The maximum atomic E-state index is 11.9. The Labute approximate surface area is 176 Å². The van der Waals surface area contributed by atoms with Gasteiger partial charge in [0.1, 0.15) is 0 Å². The van der Waals surface area contributed by atoms with Gasteiger partial charge in [-0.1, -0.05) is 73.8 Å². The molecule has 1 atom stereocenters. The van der Waals surface area contributed by atoms with Crippen molar-refractivity contribution in [3.05, 3.63) is 27.2 Å². The zero-order valence-corrected chi connectivity index (χ0v) is 18.1. The standard InChI is InChI=1S/C20H27Cl3O4/c1-3-4-5-6-7-8-9-14(2)26-18(24)10-11-19(25)27-20-16(22)12-15(21)13-17(20)23/h12-14H,3-11H2,1-2H3. The Morgan fingerprint density at radius 1 is 0.926 bits per heavy atom. The van der Waals surface area contributed by atoms with Crippen molar-refractivity contribution in [1.82, 2.24) is 0 Å². The first-order chi connectivity index (χ1) is 12.8. The molecule has 1 aromatic carbocycles. The van der Waals surface area contributed by atoms with Gasteiger partial charge in [-0.05, 0) is 31.9 Å². The molecule has 4 nitrogen and oxygen atoms in total. The monoisotopic (exact) mass is 436 g/mol. The molecule has 0 aliphatic carbocycles. The Morgan fingerprint density at radius 2 is 1.48 bits per heavy atom. The highest BCUT2D eigenvalue weighted by Gasteiger charge is 2.16. The van der Waals surface area contributed by atoms with Gasteiger partial charge in [0.2, 0.25) is 0 Å². The normalized spacial score (nSPS) is 11.9. The van der Waals surface area contributed by atoms with Crippen molar-refractivity contribution in [3.8, 4) is 5.75 Å². The van der Waals surface area contributed by atoms with E-state index in [1.165, 1.54) is 37.8 Å². The zero-order valence-electron chi connectivity index (χ0n) is 15.9. The van der Waals surface area contributed by atoms with E-state index in [4.69, 9.17) is 44.3 Å². The summed E-state index contributed by atoms with van der Waals surface area (Å²) in [6, 6.07) is 2.85. The number of ether oxygens (including phenoxy) is 2. The molecule has 0 fully saturated rings. The Bertz CT molecular complexity index is 596. The minimum atomic E-state index is -0.610. The van der Waals surface area contributed by atoms with Crippen LogP contribution in [0.15, 0.2) is 12.1 Å². The number of rotatable bonds is 12. The molecular weight excluding hydrogens is 411 g/mol. The van der Waals surface area contributed by atoms with Gasteiger partial charge in [-0.25, -0.2) is 0 Å². The van der Waals surface area contributed by atoms with Gasteiger partial charge in [0, 0.05) is 5.02 Å². The summed E-state index contributed by atoms with van der Waals surface area (Å²) >= 11 is 17.7. The fourth-order valence-corrected chi connectivity index (χ4v) is 3.44. The average Bonchev–Trinajstić information content (AvgIpc) is 2.59. The van der Waals surface area contributed by atoms with Gasteiger partial charge < -0.3 is 9.47 Å². The summed E-state index contributed by atoms with van der Waals surface area (Å²) in [5.74, 6) is -0.988. The summed E-state index contributed by atoms with van der Waals surface area (Å²) in [7, 11) is 0. The van der Waals surface area contributed by atoms with E-state index in [0.717, 1.165) is 19.3 Å². The van der Waals surface area contributed by atoms with E-state index in [2.05, 4.69) is 6.92 Å². The summed E-state index contributed by atoms with van der Waals surface area (Å²) in [5, 5.41) is 0.611. The van der Waals surface area contributed by atoms with Crippen LogP contribution in [0.2, 0.25) is 15.1 Å². The molecule has 1 aromatic rings. The molecule has 0 amide bonds. The lowest BCUT2D eigenvalue weighted by Crippen LogP contribution is -2.17. The molecule has 7 heteroatoms. The van der Waals surface area contributed by atoms with Crippen LogP contribution in [-0.2, 0) is 14.3 Å². The van der Waals surface area contributed by atoms with Crippen molar-refractivity contribution in [3.63, 3.8) is 0 Å². The first-order valence-corrected chi connectivity index (χ1v) is 10.5. The van der Waals surface area contributed by atoms with E-state index >= 15 is 0 Å². The van der Waals surface area contributed by atoms with Gasteiger partial charge in [0.05, 0.1) is 29.0 Å². The lowest BCUT2D eigenvalue weighted by atomic mass is 10.1. The van der Waals surface area contributed by atoms with E-state index in [1.54, 1.807) is 0 Å². The third-order valence-electron chi connectivity index (χ3n) is 4.01. The van der Waals surface area contributed by atoms with Gasteiger partial charge in [0.25, 0.3) is 0 Å². The van der Waals surface area contributed by atoms with Crippen LogP contribution in [0.4, 0.5) is 0 Å². The number of carbonyl (C=O) groups excluding carboxylic acids is 2. The predicted molar refractivity (Wildman–Crippen MR) is 110 cm³/mol. The van der Waals surface area contributed by atoms with Crippen LogP contribution < -0.4 is 4.74 Å². The van der Waals surface area contributed by atoms with Crippen molar-refractivity contribution in [2.75, 3.05) is 0 Å². The summed E-state index contributed by atoms with van der Waals surface area (Å²) in [6.07, 6.45) is 7.67. The number of esters is 2. The Hall–Kier alpha value is -0.970. The summed E-state index contributed by atoms with van der Waals surface area (Å²) < 4.78 is 10.5. The molecule has 0 heterocycles. The second-order valence-electron chi connectivity index (χ2n) is 6.53. The van der Waals surface area contributed by atoms with E-state index in [0.29, 0.717) is 5.02 Å². The van der Waals surface area contributed by atoms with Gasteiger partial charge in [-0.3, -0.25) is 9.59 Å². The minimum Gasteiger partial charge on any atom is -0.463 e. The number of hydrogen-bond acceptors (Lipinski definition) is 4. The molecule has 0 aliphatic heterocycles. The van der Waals surface area contributed by atoms with Crippen LogP contribution >= 0.6 is 34.8 Å². The molecule has 0 saturated heterocycles. The molecule has 0 aliphatic rings. The lowest BCUT2D eigenvalue weighted by Gasteiger charge is -2.13. The highest BCUT2D eigenvalue weighted by molar-refractivity contribution is 6.40. The van der Waals surface area contributed by atoms with Crippen LogP contribution in [0.3, 0.4) is 0 Å². The van der Waals surface area contributed by atoms with Crippen LogP contribution in [0.5, 0.6) is 5.75 Å². The topological polar surface area (TPSA) is 52.6 Å². The number of carbonyl (C=O) groups is 2. The fraction of sp³-hybridized carbons (Fsp3) is 0.600. The smallest absolute Gasteiger partial charge is 0.311 e. The molecule has 0 aromatic heterocycles. The van der Waals surface area contributed by atoms with Gasteiger partial charge in [0.15, 0.2) is 5.75 Å². The van der Waals surface area contributed by atoms with Crippen molar-refractivity contribution >= 4 is 46.7 Å². The maximum absolute atomic E-state index is 11.9. The first-order valence-electron chi connectivity index (χ1n) is 9.38. The third-order valence-corrected chi connectivity index (χ3v) is 4.79. The lowest BCUT2D eigenvalue weighted by molar-refractivity contribution is -0.151. The maximum Gasteiger partial charge on any atom is 0.311 e. The molecule has 1 unspecified atom stereocenters. The van der Waals surface area contributed by atoms with Crippen molar-refractivity contribution in [2.24, 2.45) is 0 Å². The number of halogens is 3. The first kappa shape index (κ1) is 24.1. The van der Waals surface area contributed by atoms with E-state index in [1.807, 2.05) is 6.92 Å². The second-order valence-corrected chi connectivity index (χ2v) is 7.78. The quantitative estimate of drug-likeness (QED) is 0.200. The van der Waals surface area contributed by atoms with Crippen LogP contribution in [0, 0.1) is 0 Å². The molecule has 152 valence electrons. The van der Waals surface area contributed by atoms with Crippen LogP contribution in [0.1, 0.15) is 71.6 Å². The van der Waals surface area contributed by atoms with E-state index in [-0.39, 0.29) is 34.7 Å². The highest BCUT2D eigenvalue weighted by atomic mass is 35.5. The third kappa shape index (κ3) is 10.2. The molecule has 0 radical (unpaired) electrons. The van der Waals surface area contributed by atoms with Gasteiger partial charge >= 0.3 is 11.9 Å². The summed E-state index contributed by atoms with van der Waals surface area (Å²) in [6.45, 7) is 4.06. The number of hydrogen-bond donors (Lipinski definition) is 0. The second kappa shape index (κ2) is 13.2. The van der Waals surface area contributed by atoms with E-state index < -0.39 is 11.9 Å². The van der Waals surface area contributed by atoms with Gasteiger partial charge in [-0.15, -0.1) is 0 Å². The van der Waals surface area contributed by atoms with Crippen LogP contribution in [0.25, 0.3) is 0 Å². The average molecular weight is 438 g/mol. The van der Waals surface area contributed by atoms with Crippen molar-refractivity contribution < 1.29 is 19.1 Å². The Morgan fingerprint density at radius 3 is 2.11 bits per heavy atom. The molecule has 0 bridgehead atoms. The highest BCUT2D eigenvalue weighted by Crippen LogP contribution is 2.36. The van der Waals surface area contributed by atoms with E-state index in [9.17, 15) is 9.59 Å². The Kier molecular flexibility index (Phi) is 11.8. The predicted octanol–water partition coefficient (Wildman–Crippen LogP) is 7.01. The molecule has 0 saturated carbocycles. The van der Waals surface area contributed by atoms with Crippen molar-refractivity contribution in [1.29, 1.82) is 0 Å². The molecule has 0 N–H and O–H groups in total. The SMILES string of the molecule is CCCCCCCCC(C)OC(=O)CCC(=O)Oc1c(Cl)cc(Cl)cc1Cl.